The van der Waals surface area contributed by atoms with Crippen molar-refractivity contribution in [2.45, 2.75) is 38.8 Å². The molecule has 0 bridgehead atoms. The summed E-state index contributed by atoms with van der Waals surface area (Å²) >= 11 is 0. The van der Waals surface area contributed by atoms with E-state index in [1.807, 2.05) is 20.0 Å². The fraction of sp³-hybridized carbons (Fsp3) is 0.600. The number of aryl methyl sites for hydroxylation is 1. The number of piperidine rings is 1. The van der Waals surface area contributed by atoms with Gasteiger partial charge in [0.25, 0.3) is 0 Å². The molecule has 1 atom stereocenters. The van der Waals surface area contributed by atoms with Crippen molar-refractivity contribution in [3.8, 4) is 0 Å². The maximum Gasteiger partial charge on any atom is 0.126 e. The van der Waals surface area contributed by atoms with Crippen LogP contribution in [0.4, 0.5) is 10.1 Å². The Morgan fingerprint density at radius 3 is 2.58 bits per heavy atom. The van der Waals surface area contributed by atoms with Crippen LogP contribution in [0.15, 0.2) is 12.1 Å². The summed E-state index contributed by atoms with van der Waals surface area (Å²) in [6.07, 6.45) is 1.37. The van der Waals surface area contributed by atoms with E-state index >= 15 is 0 Å². The highest BCUT2D eigenvalue weighted by molar-refractivity contribution is 5.57. The predicted molar refractivity (Wildman–Crippen MR) is 76.1 cm³/mol. The van der Waals surface area contributed by atoms with Crippen molar-refractivity contribution >= 4 is 5.69 Å². The van der Waals surface area contributed by atoms with Gasteiger partial charge in [0.05, 0.1) is 6.10 Å². The third-order valence-electron chi connectivity index (χ3n) is 4.01. The lowest BCUT2D eigenvalue weighted by atomic mass is 9.99. The smallest absolute Gasteiger partial charge is 0.126 e. The number of hydrogen-bond donors (Lipinski definition) is 2. The van der Waals surface area contributed by atoms with E-state index in [9.17, 15) is 9.50 Å². The molecule has 1 saturated heterocycles. The summed E-state index contributed by atoms with van der Waals surface area (Å²) in [5.41, 5.74) is 2.75. The highest BCUT2D eigenvalue weighted by atomic mass is 19.1. The molecule has 4 heteroatoms. The van der Waals surface area contributed by atoms with Gasteiger partial charge in [0.2, 0.25) is 0 Å². The third-order valence-corrected chi connectivity index (χ3v) is 4.01. The molecule has 1 aromatic carbocycles. The maximum absolute atomic E-state index is 13.8. The van der Waals surface area contributed by atoms with Crippen LogP contribution in [0.3, 0.4) is 0 Å². The zero-order chi connectivity index (χ0) is 14.0. The van der Waals surface area contributed by atoms with Gasteiger partial charge in [0, 0.05) is 24.8 Å². The van der Waals surface area contributed by atoms with Gasteiger partial charge in [-0.1, -0.05) is 0 Å². The van der Waals surface area contributed by atoms with E-state index in [-0.39, 0.29) is 18.0 Å². The molecule has 19 heavy (non-hydrogen) atoms. The van der Waals surface area contributed by atoms with Crippen LogP contribution >= 0.6 is 0 Å². The predicted octanol–water partition coefficient (Wildman–Crippen LogP) is 2.38. The number of aliphatic hydroxyl groups is 1. The zero-order valence-corrected chi connectivity index (χ0v) is 11.9. The standard InChI is InChI=1S/C15H23FN2O/c1-10-8-15(18-6-4-12(19)5-7-18)13(9-14(10)16)11(2)17-3/h8-9,11-12,17,19H,4-7H2,1-3H3. The Labute approximate surface area is 114 Å². The van der Waals surface area contributed by atoms with Crippen LogP contribution in [0, 0.1) is 12.7 Å². The van der Waals surface area contributed by atoms with E-state index in [2.05, 4.69) is 10.2 Å². The maximum atomic E-state index is 13.8. The first kappa shape index (κ1) is 14.3. The molecule has 0 aliphatic carbocycles. The summed E-state index contributed by atoms with van der Waals surface area (Å²) < 4.78 is 13.8. The minimum absolute atomic E-state index is 0.108. The van der Waals surface area contributed by atoms with Crippen LogP contribution in [-0.4, -0.2) is 31.3 Å². The van der Waals surface area contributed by atoms with Gasteiger partial charge in [-0.2, -0.15) is 0 Å². The summed E-state index contributed by atoms with van der Waals surface area (Å²) in [6.45, 7) is 5.49. The second-order valence-electron chi connectivity index (χ2n) is 5.39. The number of hydrogen-bond acceptors (Lipinski definition) is 3. The van der Waals surface area contributed by atoms with Gasteiger partial charge in [-0.15, -0.1) is 0 Å². The molecule has 1 aliphatic heterocycles. The normalized spacial score (nSPS) is 18.7. The first-order chi connectivity index (χ1) is 9.02. The molecule has 1 fully saturated rings. The number of halogens is 1. The van der Waals surface area contributed by atoms with Crippen molar-refractivity contribution < 1.29 is 9.50 Å². The monoisotopic (exact) mass is 266 g/mol. The fourth-order valence-electron chi connectivity index (χ4n) is 2.56. The number of rotatable bonds is 3. The molecule has 3 nitrogen and oxygen atoms in total. The van der Waals surface area contributed by atoms with E-state index in [4.69, 9.17) is 0 Å². The molecule has 106 valence electrons. The van der Waals surface area contributed by atoms with Crippen molar-refractivity contribution in [2.24, 2.45) is 0 Å². The number of benzene rings is 1. The van der Waals surface area contributed by atoms with Gasteiger partial charge in [0.15, 0.2) is 0 Å². The fourth-order valence-corrected chi connectivity index (χ4v) is 2.56. The molecule has 0 spiro atoms. The lowest BCUT2D eigenvalue weighted by molar-refractivity contribution is 0.145. The average molecular weight is 266 g/mol. The summed E-state index contributed by atoms with van der Waals surface area (Å²) in [4.78, 5) is 2.25. The Hall–Kier alpha value is -1.13. The van der Waals surface area contributed by atoms with Crippen molar-refractivity contribution in [1.29, 1.82) is 0 Å². The molecule has 1 unspecified atom stereocenters. The Morgan fingerprint density at radius 2 is 2.00 bits per heavy atom. The van der Waals surface area contributed by atoms with Crippen molar-refractivity contribution in [1.82, 2.24) is 5.32 Å². The molecule has 1 heterocycles. The Balaban J connectivity index is 2.34. The largest absolute Gasteiger partial charge is 0.393 e. The molecular formula is C15H23FN2O. The third kappa shape index (κ3) is 3.07. The van der Waals surface area contributed by atoms with E-state index < -0.39 is 0 Å². The summed E-state index contributed by atoms with van der Waals surface area (Å²) in [7, 11) is 1.88. The zero-order valence-electron chi connectivity index (χ0n) is 11.9. The van der Waals surface area contributed by atoms with Gasteiger partial charge in [-0.05, 0) is 57.0 Å². The van der Waals surface area contributed by atoms with Crippen LogP contribution in [0.1, 0.15) is 36.9 Å². The first-order valence-corrected chi connectivity index (χ1v) is 6.93. The lowest BCUT2D eigenvalue weighted by Crippen LogP contribution is -2.37. The number of nitrogens with one attached hydrogen (secondary N) is 1. The van der Waals surface area contributed by atoms with E-state index in [0.29, 0.717) is 5.56 Å². The quantitative estimate of drug-likeness (QED) is 0.881. The Morgan fingerprint density at radius 1 is 1.37 bits per heavy atom. The summed E-state index contributed by atoms with van der Waals surface area (Å²) in [5, 5.41) is 12.8. The average Bonchev–Trinajstić information content (AvgIpc) is 2.41. The van der Waals surface area contributed by atoms with Crippen LogP contribution in [-0.2, 0) is 0 Å². The highest BCUT2D eigenvalue weighted by Crippen LogP contribution is 2.31. The minimum atomic E-state index is -0.192. The highest BCUT2D eigenvalue weighted by Gasteiger charge is 2.22. The molecule has 2 N–H and O–H groups in total. The number of anilines is 1. The van der Waals surface area contributed by atoms with Gasteiger partial charge in [-0.3, -0.25) is 0 Å². The van der Waals surface area contributed by atoms with E-state index in [1.54, 1.807) is 13.0 Å². The SMILES string of the molecule is CNC(C)c1cc(F)c(C)cc1N1CCC(O)CC1. The van der Waals surface area contributed by atoms with E-state index in [0.717, 1.165) is 37.2 Å². The van der Waals surface area contributed by atoms with Crippen molar-refractivity contribution in [3.63, 3.8) is 0 Å². The number of aliphatic hydroxyl groups excluding tert-OH is 1. The molecule has 2 rings (SSSR count). The molecule has 0 amide bonds. The molecule has 1 aromatic rings. The number of nitrogens with zero attached hydrogens (tertiary/aromatic N) is 1. The topological polar surface area (TPSA) is 35.5 Å². The van der Waals surface area contributed by atoms with Crippen LogP contribution < -0.4 is 10.2 Å². The van der Waals surface area contributed by atoms with Gasteiger partial charge in [0.1, 0.15) is 5.82 Å². The molecule has 0 aromatic heterocycles. The van der Waals surface area contributed by atoms with Crippen molar-refractivity contribution in [2.75, 3.05) is 25.0 Å². The second-order valence-corrected chi connectivity index (χ2v) is 5.39. The summed E-state index contributed by atoms with van der Waals surface area (Å²) in [5.74, 6) is -0.155. The molecular weight excluding hydrogens is 243 g/mol. The van der Waals surface area contributed by atoms with Gasteiger partial charge < -0.3 is 15.3 Å². The molecule has 1 aliphatic rings. The second kappa shape index (κ2) is 5.88. The van der Waals surface area contributed by atoms with Crippen LogP contribution in [0.5, 0.6) is 0 Å². The van der Waals surface area contributed by atoms with Crippen molar-refractivity contribution in [3.05, 3.63) is 29.1 Å². The molecule has 0 radical (unpaired) electrons. The Kier molecular flexibility index (Phi) is 4.42. The lowest BCUT2D eigenvalue weighted by Gasteiger charge is -2.34. The minimum Gasteiger partial charge on any atom is -0.393 e. The van der Waals surface area contributed by atoms with Gasteiger partial charge >= 0.3 is 0 Å². The van der Waals surface area contributed by atoms with Gasteiger partial charge in [-0.25, -0.2) is 4.39 Å². The first-order valence-electron chi connectivity index (χ1n) is 6.93. The van der Waals surface area contributed by atoms with E-state index in [1.165, 1.54) is 0 Å². The molecule has 0 saturated carbocycles. The van der Waals surface area contributed by atoms with Crippen LogP contribution in [0.25, 0.3) is 0 Å². The summed E-state index contributed by atoms with van der Waals surface area (Å²) in [6, 6.07) is 3.67. The Bertz CT molecular complexity index is 442. The van der Waals surface area contributed by atoms with Crippen LogP contribution in [0.2, 0.25) is 0 Å².